The lowest BCUT2D eigenvalue weighted by atomic mass is 10.1. The lowest BCUT2D eigenvalue weighted by Gasteiger charge is -2.33. The number of para-hydroxylation sites is 1. The van der Waals surface area contributed by atoms with E-state index in [-0.39, 0.29) is 0 Å². The number of hydrogen-bond acceptors (Lipinski definition) is 3. The van der Waals surface area contributed by atoms with E-state index in [4.69, 9.17) is 16.9 Å². The van der Waals surface area contributed by atoms with Crippen molar-refractivity contribution in [3.05, 3.63) is 138 Å². The van der Waals surface area contributed by atoms with E-state index in [9.17, 15) is 0 Å². The van der Waals surface area contributed by atoms with E-state index in [0.29, 0.717) is 0 Å². The third-order valence-corrected chi connectivity index (χ3v) is 9.40. The summed E-state index contributed by atoms with van der Waals surface area (Å²) in [7, 11) is 0. The topological polar surface area (TPSA) is 15.6 Å². The fourth-order valence-corrected chi connectivity index (χ4v) is 7.34. The van der Waals surface area contributed by atoms with Gasteiger partial charge in [-0.1, -0.05) is 121 Å². The van der Waals surface area contributed by atoms with Gasteiger partial charge in [0, 0.05) is 11.1 Å². The van der Waals surface area contributed by atoms with Crippen molar-refractivity contribution in [2.24, 2.45) is 5.10 Å². The number of hydrogen-bond donors (Lipinski definition) is 0. The number of nitrogens with zero attached hydrogens (tertiary/aromatic N) is 2. The lowest BCUT2D eigenvalue weighted by molar-refractivity contribution is 1.10. The molecular formula is C27H21N2PS. The van der Waals surface area contributed by atoms with Crippen LogP contribution >= 0.6 is 6.04 Å². The number of rotatable bonds is 4. The standard InChI is InChI=1S/C27H21N2PS/c31-30(25-19-11-4-12-20-25)21-26(22-13-5-1-6-14-22)29(24-17-9-3-10-18-24)28-27(30)23-15-7-2-8-16-23/h1-21H. The summed E-state index contributed by atoms with van der Waals surface area (Å²) in [5, 5.41) is 8.42. The molecule has 2 nitrogen and oxygen atoms in total. The fraction of sp³-hybridized carbons (Fsp3) is 0. The SMILES string of the molecule is S=P1(c2ccccc2)C=C(c2ccccc2)N(c2ccccc2)N=C1c1ccccc1. The largest absolute Gasteiger partial charge is 0.232 e. The van der Waals surface area contributed by atoms with Gasteiger partial charge in [0.25, 0.3) is 0 Å². The molecule has 0 spiro atoms. The zero-order valence-electron chi connectivity index (χ0n) is 16.9. The van der Waals surface area contributed by atoms with Crippen LogP contribution in [0.1, 0.15) is 11.1 Å². The van der Waals surface area contributed by atoms with E-state index >= 15 is 0 Å². The Morgan fingerprint density at radius 1 is 0.581 bits per heavy atom. The molecule has 1 heterocycles. The first-order valence-corrected chi connectivity index (χ1v) is 13.1. The molecule has 1 atom stereocenters. The normalized spacial score (nSPS) is 18.3. The zero-order chi connectivity index (χ0) is 21.1. The van der Waals surface area contributed by atoms with Crippen molar-refractivity contribution in [1.82, 2.24) is 0 Å². The van der Waals surface area contributed by atoms with Gasteiger partial charge in [-0.25, -0.2) is 5.01 Å². The van der Waals surface area contributed by atoms with E-state index in [1.807, 2.05) is 53.5 Å². The molecule has 4 aromatic rings. The van der Waals surface area contributed by atoms with Gasteiger partial charge in [-0.2, -0.15) is 5.10 Å². The molecule has 5 rings (SSSR count). The van der Waals surface area contributed by atoms with Crippen molar-refractivity contribution in [2.45, 2.75) is 0 Å². The monoisotopic (exact) mass is 436 g/mol. The maximum absolute atomic E-state index is 6.48. The maximum Gasteiger partial charge on any atom is 0.109 e. The maximum atomic E-state index is 6.48. The average molecular weight is 437 g/mol. The number of benzene rings is 4. The Balaban J connectivity index is 1.79. The molecule has 31 heavy (non-hydrogen) atoms. The van der Waals surface area contributed by atoms with Crippen LogP contribution in [0.3, 0.4) is 0 Å². The molecule has 150 valence electrons. The first-order chi connectivity index (χ1) is 15.3. The van der Waals surface area contributed by atoms with Crippen LogP contribution in [0, 0.1) is 0 Å². The predicted molar refractivity (Wildman–Crippen MR) is 137 cm³/mol. The van der Waals surface area contributed by atoms with E-state index in [2.05, 4.69) is 78.6 Å². The Hall–Kier alpha value is -3.26. The molecule has 0 aliphatic carbocycles. The second kappa shape index (κ2) is 8.47. The summed E-state index contributed by atoms with van der Waals surface area (Å²) in [6.45, 7) is 0. The third kappa shape index (κ3) is 3.79. The molecule has 4 heteroatoms. The zero-order valence-corrected chi connectivity index (χ0v) is 18.6. The summed E-state index contributed by atoms with van der Waals surface area (Å²) in [6, 6.07) is 39.1. The Labute approximate surface area is 188 Å². The van der Waals surface area contributed by atoms with E-state index in [0.717, 1.165) is 33.3 Å². The molecule has 0 saturated heterocycles. The first-order valence-electron chi connectivity index (χ1n) is 10.2. The summed E-state index contributed by atoms with van der Waals surface area (Å²) in [6.07, 6.45) is 0. The highest BCUT2D eigenvalue weighted by Crippen LogP contribution is 2.55. The van der Waals surface area contributed by atoms with E-state index in [1.54, 1.807) is 0 Å². The highest BCUT2D eigenvalue weighted by atomic mass is 32.4. The minimum Gasteiger partial charge on any atom is -0.232 e. The highest BCUT2D eigenvalue weighted by Gasteiger charge is 2.33. The minimum absolute atomic E-state index is 0.956. The first kappa shape index (κ1) is 19.7. The van der Waals surface area contributed by atoms with E-state index < -0.39 is 6.04 Å². The van der Waals surface area contributed by atoms with Crippen molar-refractivity contribution in [2.75, 3.05) is 5.01 Å². The molecule has 0 bridgehead atoms. The summed E-state index contributed by atoms with van der Waals surface area (Å²) >= 11 is 6.48. The number of anilines is 1. The smallest absolute Gasteiger partial charge is 0.109 e. The summed E-state index contributed by atoms with van der Waals surface area (Å²) in [4.78, 5) is 0. The second-order valence-electron chi connectivity index (χ2n) is 7.31. The van der Waals surface area contributed by atoms with Gasteiger partial charge < -0.3 is 0 Å². The third-order valence-electron chi connectivity index (χ3n) is 5.28. The van der Waals surface area contributed by atoms with E-state index in [1.165, 1.54) is 0 Å². The van der Waals surface area contributed by atoms with Crippen LogP contribution < -0.4 is 10.3 Å². The van der Waals surface area contributed by atoms with Crippen LogP contribution in [0.15, 0.2) is 132 Å². The molecule has 1 unspecified atom stereocenters. The molecule has 0 saturated carbocycles. The van der Waals surface area contributed by atoms with Gasteiger partial charge in [0.2, 0.25) is 0 Å². The summed E-state index contributed by atoms with van der Waals surface area (Å²) in [5.41, 5.74) is 5.17. The van der Waals surface area contributed by atoms with Gasteiger partial charge in [-0.05, 0) is 23.3 Å². The minimum atomic E-state index is -2.30. The fourth-order valence-electron chi connectivity index (χ4n) is 3.76. The van der Waals surface area contributed by atoms with Crippen LogP contribution in [0.25, 0.3) is 5.70 Å². The van der Waals surface area contributed by atoms with Crippen LogP contribution in [0.5, 0.6) is 0 Å². The molecule has 0 radical (unpaired) electrons. The Bertz CT molecular complexity index is 1280. The van der Waals surface area contributed by atoms with Gasteiger partial charge in [-0.3, -0.25) is 0 Å². The van der Waals surface area contributed by atoms with Crippen LogP contribution in [0.4, 0.5) is 5.69 Å². The molecule has 0 N–H and O–H groups in total. The van der Waals surface area contributed by atoms with Crippen LogP contribution in [-0.2, 0) is 11.8 Å². The average Bonchev–Trinajstić information content (AvgIpc) is 2.86. The van der Waals surface area contributed by atoms with Crippen LogP contribution in [0.2, 0.25) is 0 Å². The molecular weight excluding hydrogens is 415 g/mol. The molecule has 4 aromatic carbocycles. The quantitative estimate of drug-likeness (QED) is 0.332. The van der Waals surface area contributed by atoms with Gasteiger partial charge in [-0.15, -0.1) is 0 Å². The van der Waals surface area contributed by atoms with Gasteiger partial charge >= 0.3 is 0 Å². The van der Waals surface area contributed by atoms with Crippen molar-refractivity contribution in [3.63, 3.8) is 0 Å². The predicted octanol–water partition coefficient (Wildman–Crippen LogP) is 6.67. The molecule has 0 amide bonds. The molecule has 1 aliphatic rings. The Kier molecular flexibility index (Phi) is 5.38. The summed E-state index contributed by atoms with van der Waals surface area (Å²) < 4.78 is 0. The summed E-state index contributed by atoms with van der Waals surface area (Å²) in [5.74, 6) is 2.29. The number of hydrazone groups is 1. The lowest BCUT2D eigenvalue weighted by Crippen LogP contribution is -2.25. The van der Waals surface area contributed by atoms with Gasteiger partial charge in [0.15, 0.2) is 0 Å². The van der Waals surface area contributed by atoms with Crippen molar-refractivity contribution in [1.29, 1.82) is 0 Å². The van der Waals surface area contributed by atoms with Gasteiger partial charge in [0.1, 0.15) is 5.45 Å². The van der Waals surface area contributed by atoms with Crippen molar-refractivity contribution < 1.29 is 0 Å². The van der Waals surface area contributed by atoms with Crippen LogP contribution in [-0.4, -0.2) is 5.45 Å². The van der Waals surface area contributed by atoms with Crippen molar-refractivity contribution >= 4 is 40.0 Å². The molecule has 0 aromatic heterocycles. The Morgan fingerprint density at radius 3 is 1.65 bits per heavy atom. The highest BCUT2D eigenvalue weighted by molar-refractivity contribution is 8.28. The second-order valence-corrected chi connectivity index (χ2v) is 11.6. The van der Waals surface area contributed by atoms with Crippen molar-refractivity contribution in [3.8, 4) is 0 Å². The molecule has 0 fully saturated rings. The van der Waals surface area contributed by atoms with Gasteiger partial charge in [0.05, 0.1) is 17.4 Å². The Morgan fingerprint density at radius 2 is 1.06 bits per heavy atom. The molecule has 1 aliphatic heterocycles.